The molecule has 0 unspecified atom stereocenters. The van der Waals surface area contributed by atoms with Gasteiger partial charge >= 0.3 is 0 Å². The van der Waals surface area contributed by atoms with Crippen LogP contribution in [0.1, 0.15) is 29.9 Å². The Bertz CT molecular complexity index is 689. The Morgan fingerprint density at radius 1 is 1.32 bits per heavy atom. The molecule has 0 bridgehead atoms. The number of hydrogen-bond acceptors (Lipinski definition) is 2. The molecule has 98 valence electrons. The first-order chi connectivity index (χ1) is 8.92. The van der Waals surface area contributed by atoms with E-state index in [9.17, 15) is 4.79 Å². The summed E-state index contributed by atoms with van der Waals surface area (Å²) in [5.41, 5.74) is 6.86. The molecule has 1 amide bonds. The van der Waals surface area contributed by atoms with Crippen LogP contribution in [0.4, 0.5) is 0 Å². The summed E-state index contributed by atoms with van der Waals surface area (Å²) in [5, 5.41) is 0.578. The molecule has 1 aromatic heterocycles. The molecular formula is C14H13ClN2O2. The molecule has 2 aromatic rings. The molecule has 2 heterocycles. The van der Waals surface area contributed by atoms with Crippen molar-refractivity contribution in [2.45, 2.75) is 19.4 Å². The predicted octanol–water partition coefficient (Wildman–Crippen LogP) is 2.86. The molecule has 0 radical (unpaired) electrons. The first-order valence-corrected chi connectivity index (χ1v) is 6.29. The van der Waals surface area contributed by atoms with Crippen LogP contribution >= 0.6 is 11.6 Å². The Balaban J connectivity index is 2.37. The molecule has 3 rings (SSSR count). The number of carbonyl (C=O) groups is 1. The highest BCUT2D eigenvalue weighted by Crippen LogP contribution is 2.43. The third-order valence-corrected chi connectivity index (χ3v) is 3.60. The van der Waals surface area contributed by atoms with Crippen molar-refractivity contribution in [2.24, 2.45) is 5.73 Å². The normalized spacial score (nSPS) is 15.3. The maximum Gasteiger partial charge on any atom is 0.252 e. The van der Waals surface area contributed by atoms with Gasteiger partial charge in [-0.1, -0.05) is 17.7 Å². The maximum atomic E-state index is 11.5. The van der Waals surface area contributed by atoms with Gasteiger partial charge in [-0.25, -0.2) is 0 Å². The highest BCUT2D eigenvalue weighted by Gasteiger charge is 2.35. The lowest BCUT2D eigenvalue weighted by Crippen LogP contribution is -2.33. The largest absolute Gasteiger partial charge is 0.479 e. The summed E-state index contributed by atoms with van der Waals surface area (Å²) in [6.07, 6.45) is 0. The summed E-state index contributed by atoms with van der Waals surface area (Å²) in [4.78, 5) is 11.5. The number of nitrogens with two attached hydrogens (primary N) is 1. The van der Waals surface area contributed by atoms with E-state index < -0.39 is 11.5 Å². The van der Waals surface area contributed by atoms with Crippen LogP contribution in [-0.4, -0.2) is 10.5 Å². The summed E-state index contributed by atoms with van der Waals surface area (Å²) in [5.74, 6) is -0.0371. The Morgan fingerprint density at radius 3 is 2.74 bits per heavy atom. The van der Waals surface area contributed by atoms with Gasteiger partial charge in [-0.2, -0.15) is 0 Å². The molecule has 5 heteroatoms. The zero-order valence-corrected chi connectivity index (χ0v) is 11.4. The number of nitrogens with zero attached hydrogens (tertiary/aromatic N) is 1. The highest BCUT2D eigenvalue weighted by molar-refractivity contribution is 6.30. The molecule has 1 aromatic carbocycles. The van der Waals surface area contributed by atoms with Crippen LogP contribution in [0.15, 0.2) is 30.3 Å². The minimum absolute atomic E-state index is 0.362. The molecule has 0 saturated heterocycles. The lowest BCUT2D eigenvalue weighted by Gasteiger charge is -2.35. The van der Waals surface area contributed by atoms with E-state index >= 15 is 0 Å². The molecule has 1 aliphatic rings. The van der Waals surface area contributed by atoms with Gasteiger partial charge in [-0.3, -0.25) is 9.36 Å². The van der Waals surface area contributed by atoms with Gasteiger partial charge in [0.1, 0.15) is 10.8 Å². The number of aromatic nitrogens is 1. The number of amides is 1. The van der Waals surface area contributed by atoms with Crippen LogP contribution in [0.25, 0.3) is 5.69 Å². The van der Waals surface area contributed by atoms with E-state index in [2.05, 4.69) is 0 Å². The third-order valence-electron chi connectivity index (χ3n) is 3.31. The number of hydrogen-bond donors (Lipinski definition) is 1. The predicted molar refractivity (Wildman–Crippen MR) is 73.0 cm³/mol. The molecule has 0 saturated carbocycles. The van der Waals surface area contributed by atoms with E-state index in [1.54, 1.807) is 12.1 Å². The second-order valence-electron chi connectivity index (χ2n) is 5.01. The summed E-state index contributed by atoms with van der Waals surface area (Å²) in [7, 11) is 0. The molecule has 0 atom stereocenters. The summed E-state index contributed by atoms with van der Waals surface area (Å²) in [6.45, 7) is 3.85. The van der Waals surface area contributed by atoms with Crippen LogP contribution in [0.3, 0.4) is 0 Å². The number of rotatable bonds is 1. The Kier molecular flexibility index (Phi) is 2.41. The van der Waals surface area contributed by atoms with E-state index in [4.69, 9.17) is 22.1 Å². The molecule has 0 aliphatic carbocycles. The SMILES string of the molecule is CC1(C)Oc2c(C(N)=O)cccc2-n2c(Cl)ccc21. The average Bonchev–Trinajstić information content (AvgIpc) is 2.71. The Morgan fingerprint density at radius 2 is 2.05 bits per heavy atom. The molecule has 1 aliphatic heterocycles. The number of para-hydroxylation sites is 1. The van der Waals surface area contributed by atoms with Crippen molar-refractivity contribution in [2.75, 3.05) is 0 Å². The number of carbonyl (C=O) groups excluding carboxylic acids is 1. The molecule has 0 fully saturated rings. The lowest BCUT2D eigenvalue weighted by molar-refractivity contribution is 0.0866. The zero-order chi connectivity index (χ0) is 13.8. The topological polar surface area (TPSA) is 57.2 Å². The zero-order valence-electron chi connectivity index (χ0n) is 10.6. The van der Waals surface area contributed by atoms with Gasteiger partial charge in [0.05, 0.1) is 16.9 Å². The monoisotopic (exact) mass is 276 g/mol. The molecule has 19 heavy (non-hydrogen) atoms. The van der Waals surface area contributed by atoms with Crippen LogP contribution in [0.2, 0.25) is 5.15 Å². The van der Waals surface area contributed by atoms with Gasteiger partial charge in [-0.05, 0) is 38.1 Å². The summed E-state index contributed by atoms with van der Waals surface area (Å²) < 4.78 is 7.85. The first kappa shape index (κ1) is 12.1. The second kappa shape index (κ2) is 3.78. The van der Waals surface area contributed by atoms with Crippen molar-refractivity contribution in [3.05, 3.63) is 46.7 Å². The molecule has 4 nitrogen and oxygen atoms in total. The lowest BCUT2D eigenvalue weighted by atomic mass is 10.0. The quantitative estimate of drug-likeness (QED) is 0.871. The average molecular weight is 277 g/mol. The van der Waals surface area contributed by atoms with Gasteiger partial charge in [0, 0.05) is 0 Å². The number of ether oxygens (including phenoxy) is 1. The van der Waals surface area contributed by atoms with E-state index in [-0.39, 0.29) is 0 Å². The number of halogens is 1. The van der Waals surface area contributed by atoms with Gasteiger partial charge in [0.25, 0.3) is 5.91 Å². The van der Waals surface area contributed by atoms with Gasteiger partial charge < -0.3 is 10.5 Å². The fraction of sp³-hybridized carbons (Fsp3) is 0.214. The standard InChI is InChI=1S/C14H13ClN2O2/c1-14(2)10-6-7-11(15)17(10)9-5-3-4-8(13(16)18)12(9)19-14/h3-7H,1-2H3,(H2,16,18). The van der Waals surface area contributed by atoms with Crippen molar-refractivity contribution < 1.29 is 9.53 Å². The highest BCUT2D eigenvalue weighted by atomic mass is 35.5. The fourth-order valence-corrected chi connectivity index (χ4v) is 2.68. The molecule has 2 N–H and O–H groups in total. The van der Waals surface area contributed by atoms with Gasteiger partial charge in [0.2, 0.25) is 0 Å². The maximum absolute atomic E-state index is 11.5. The van der Waals surface area contributed by atoms with Gasteiger partial charge in [-0.15, -0.1) is 0 Å². The van der Waals surface area contributed by atoms with Crippen molar-refractivity contribution in [3.63, 3.8) is 0 Å². The van der Waals surface area contributed by atoms with E-state index in [0.717, 1.165) is 11.4 Å². The first-order valence-electron chi connectivity index (χ1n) is 5.92. The fourth-order valence-electron chi connectivity index (χ4n) is 2.44. The Hall–Kier alpha value is -1.94. The molecule has 0 spiro atoms. The minimum Gasteiger partial charge on any atom is -0.479 e. The number of fused-ring (bicyclic) bond motifs is 3. The number of primary amides is 1. The van der Waals surface area contributed by atoms with Crippen LogP contribution in [0.5, 0.6) is 5.75 Å². The van der Waals surface area contributed by atoms with Crippen molar-refractivity contribution in [3.8, 4) is 11.4 Å². The van der Waals surface area contributed by atoms with E-state index in [1.165, 1.54) is 0 Å². The van der Waals surface area contributed by atoms with Crippen molar-refractivity contribution >= 4 is 17.5 Å². The molecular weight excluding hydrogens is 264 g/mol. The smallest absolute Gasteiger partial charge is 0.252 e. The third kappa shape index (κ3) is 1.64. The van der Waals surface area contributed by atoms with Gasteiger partial charge in [0.15, 0.2) is 5.75 Å². The van der Waals surface area contributed by atoms with Crippen molar-refractivity contribution in [1.82, 2.24) is 4.57 Å². The van der Waals surface area contributed by atoms with Crippen LogP contribution in [0, 0.1) is 0 Å². The second-order valence-corrected chi connectivity index (χ2v) is 5.39. The minimum atomic E-state index is -0.578. The summed E-state index contributed by atoms with van der Waals surface area (Å²) in [6, 6.07) is 9.00. The summed E-state index contributed by atoms with van der Waals surface area (Å²) >= 11 is 6.24. The van der Waals surface area contributed by atoms with Crippen molar-refractivity contribution in [1.29, 1.82) is 0 Å². The van der Waals surface area contributed by atoms with E-state index in [0.29, 0.717) is 16.5 Å². The van der Waals surface area contributed by atoms with Crippen LogP contribution < -0.4 is 10.5 Å². The van der Waals surface area contributed by atoms with Crippen LogP contribution in [-0.2, 0) is 5.60 Å². The number of benzene rings is 1. The van der Waals surface area contributed by atoms with E-state index in [1.807, 2.05) is 36.6 Å². The Labute approximate surface area is 115 Å².